The van der Waals surface area contributed by atoms with Crippen LogP contribution in [-0.2, 0) is 4.79 Å². The van der Waals surface area contributed by atoms with E-state index >= 15 is 0 Å². The lowest BCUT2D eigenvalue weighted by atomic mass is 10.4. The van der Waals surface area contributed by atoms with Crippen molar-refractivity contribution in [2.45, 2.75) is 11.7 Å². The second-order valence-electron chi connectivity index (χ2n) is 1.11. The Morgan fingerprint density at radius 2 is 2.43 bits per heavy atom. The van der Waals surface area contributed by atoms with E-state index in [4.69, 9.17) is 11.6 Å². The number of carbonyl (C=O) groups excluding carboxylic acids is 1. The van der Waals surface area contributed by atoms with Crippen LogP contribution in [0.15, 0.2) is 0 Å². The van der Waals surface area contributed by atoms with Crippen LogP contribution in [0.5, 0.6) is 0 Å². The third-order valence-electron chi connectivity index (χ3n) is 0.519. The fourth-order valence-corrected chi connectivity index (χ4v) is 0.662. The van der Waals surface area contributed by atoms with Gasteiger partial charge in [0.2, 0.25) is 6.29 Å². The topological polar surface area (TPSA) is 17.1 Å². The van der Waals surface area contributed by atoms with E-state index in [9.17, 15) is 4.79 Å². The number of hydrogen-bond acceptors (Lipinski definition) is 2. The highest BCUT2D eigenvalue weighted by atomic mass is 35.5. The molecule has 1 atom stereocenters. The minimum absolute atomic E-state index is 0.294. The van der Waals surface area contributed by atoms with Crippen molar-refractivity contribution in [3.05, 3.63) is 0 Å². The van der Waals surface area contributed by atoms with E-state index in [1.807, 2.05) is 0 Å². The lowest BCUT2D eigenvalue weighted by Crippen LogP contribution is -1.98. The van der Waals surface area contributed by atoms with Gasteiger partial charge in [0.25, 0.3) is 0 Å². The third-order valence-corrected chi connectivity index (χ3v) is 1.10. The summed E-state index contributed by atoms with van der Waals surface area (Å²) in [5, 5.41) is -0.294. The number of hydrogen-bond donors (Lipinski definition) is 1. The van der Waals surface area contributed by atoms with Crippen LogP contribution in [0.3, 0.4) is 0 Å². The van der Waals surface area contributed by atoms with Crippen LogP contribution in [0.2, 0.25) is 0 Å². The van der Waals surface area contributed by atoms with Crippen molar-refractivity contribution >= 4 is 30.5 Å². The summed E-state index contributed by atoms with van der Waals surface area (Å²) in [5.41, 5.74) is 0. The molecule has 0 aromatic rings. The van der Waals surface area contributed by atoms with Crippen molar-refractivity contribution in [3.63, 3.8) is 0 Å². The SMILES string of the molecule is O=[C]C(S)CCCl. The van der Waals surface area contributed by atoms with Crippen molar-refractivity contribution in [2.75, 3.05) is 5.88 Å². The minimum atomic E-state index is -0.294. The molecular weight excluding hydrogens is 132 g/mol. The Hall–Kier alpha value is 0.310. The average Bonchev–Trinajstić information content (AvgIpc) is 1.68. The van der Waals surface area contributed by atoms with Gasteiger partial charge in [-0.3, -0.25) is 4.79 Å². The summed E-state index contributed by atoms with van der Waals surface area (Å²) >= 11 is 9.05. The van der Waals surface area contributed by atoms with E-state index in [-0.39, 0.29) is 5.25 Å². The number of rotatable bonds is 3. The first-order valence-corrected chi connectivity index (χ1v) is 2.98. The molecule has 1 radical (unpaired) electrons. The van der Waals surface area contributed by atoms with Gasteiger partial charge in [0.05, 0.1) is 5.25 Å². The molecule has 1 unspecified atom stereocenters. The van der Waals surface area contributed by atoms with Gasteiger partial charge in [-0.1, -0.05) is 0 Å². The Labute approximate surface area is 53.5 Å². The van der Waals surface area contributed by atoms with Crippen molar-refractivity contribution in [3.8, 4) is 0 Å². The van der Waals surface area contributed by atoms with Gasteiger partial charge in [-0.2, -0.15) is 12.6 Å². The third kappa shape index (κ3) is 4.16. The van der Waals surface area contributed by atoms with Crippen LogP contribution >= 0.6 is 24.2 Å². The zero-order valence-electron chi connectivity index (χ0n) is 3.72. The molecule has 3 heteroatoms. The van der Waals surface area contributed by atoms with Crippen molar-refractivity contribution in [2.24, 2.45) is 0 Å². The zero-order valence-corrected chi connectivity index (χ0v) is 5.38. The lowest BCUT2D eigenvalue weighted by Gasteiger charge is -1.91. The van der Waals surface area contributed by atoms with Gasteiger partial charge in [-0.25, -0.2) is 0 Å². The van der Waals surface area contributed by atoms with Gasteiger partial charge in [0.15, 0.2) is 0 Å². The maximum Gasteiger partial charge on any atom is 0.212 e. The first-order valence-electron chi connectivity index (χ1n) is 1.93. The summed E-state index contributed by atoms with van der Waals surface area (Å²) in [6.07, 6.45) is 2.30. The molecule has 0 saturated heterocycles. The van der Waals surface area contributed by atoms with Gasteiger partial charge in [-0.15, -0.1) is 11.6 Å². The first-order chi connectivity index (χ1) is 3.31. The number of thiol groups is 1. The Balaban J connectivity index is 2.98. The van der Waals surface area contributed by atoms with Gasteiger partial charge in [0.1, 0.15) is 0 Å². The first kappa shape index (κ1) is 7.31. The molecule has 0 aliphatic carbocycles. The van der Waals surface area contributed by atoms with E-state index in [0.29, 0.717) is 12.3 Å². The molecule has 0 aliphatic heterocycles. The summed E-state index contributed by atoms with van der Waals surface area (Å²) in [6.45, 7) is 0. The molecule has 41 valence electrons. The number of halogens is 1. The van der Waals surface area contributed by atoms with Gasteiger partial charge >= 0.3 is 0 Å². The van der Waals surface area contributed by atoms with Crippen molar-refractivity contribution in [1.29, 1.82) is 0 Å². The average molecular weight is 138 g/mol. The number of alkyl halides is 1. The predicted molar refractivity (Wildman–Crippen MR) is 33.8 cm³/mol. The van der Waals surface area contributed by atoms with Crippen molar-refractivity contribution in [1.82, 2.24) is 0 Å². The van der Waals surface area contributed by atoms with Crippen LogP contribution in [-0.4, -0.2) is 17.4 Å². The molecule has 0 spiro atoms. The van der Waals surface area contributed by atoms with Gasteiger partial charge < -0.3 is 0 Å². The van der Waals surface area contributed by atoms with Crippen molar-refractivity contribution < 1.29 is 4.79 Å². The minimum Gasteiger partial charge on any atom is -0.290 e. The van der Waals surface area contributed by atoms with E-state index in [1.165, 1.54) is 0 Å². The Bertz CT molecular complexity index is 57.7. The second-order valence-corrected chi connectivity index (χ2v) is 2.11. The lowest BCUT2D eigenvalue weighted by molar-refractivity contribution is 0.552. The van der Waals surface area contributed by atoms with Crippen LogP contribution in [0.4, 0.5) is 0 Å². The Kier molecular flexibility index (Phi) is 4.67. The van der Waals surface area contributed by atoms with Crippen LogP contribution in [0, 0.1) is 0 Å². The van der Waals surface area contributed by atoms with E-state index in [0.717, 1.165) is 0 Å². The summed E-state index contributed by atoms with van der Waals surface area (Å²) in [4.78, 5) is 9.63. The molecule has 0 aromatic carbocycles. The molecule has 0 aromatic heterocycles. The van der Waals surface area contributed by atoms with E-state index in [2.05, 4.69) is 12.6 Å². The molecule has 1 nitrogen and oxygen atoms in total. The standard InChI is InChI=1S/C4H6ClOS/c5-2-1-4(7)3-6/h4,7H,1-2H2. The second kappa shape index (κ2) is 4.47. The zero-order chi connectivity index (χ0) is 5.70. The Morgan fingerprint density at radius 3 is 2.57 bits per heavy atom. The van der Waals surface area contributed by atoms with Gasteiger partial charge in [0, 0.05) is 5.88 Å². The summed E-state index contributed by atoms with van der Waals surface area (Å²) < 4.78 is 0. The van der Waals surface area contributed by atoms with Gasteiger partial charge in [-0.05, 0) is 6.42 Å². The maximum absolute atomic E-state index is 9.63. The smallest absolute Gasteiger partial charge is 0.212 e. The fourth-order valence-electron chi connectivity index (χ4n) is 0.162. The molecule has 0 N–H and O–H groups in total. The highest BCUT2D eigenvalue weighted by Gasteiger charge is 1.97. The molecule has 0 heterocycles. The maximum atomic E-state index is 9.63. The van der Waals surface area contributed by atoms with E-state index in [1.54, 1.807) is 6.29 Å². The largest absolute Gasteiger partial charge is 0.290 e. The molecule has 7 heavy (non-hydrogen) atoms. The quantitative estimate of drug-likeness (QED) is 0.454. The molecule has 0 aliphatic rings. The van der Waals surface area contributed by atoms with Crippen LogP contribution < -0.4 is 0 Å². The summed E-state index contributed by atoms with van der Waals surface area (Å²) in [5.74, 6) is 0.476. The molecule has 0 amide bonds. The Morgan fingerprint density at radius 1 is 1.86 bits per heavy atom. The van der Waals surface area contributed by atoms with Crippen LogP contribution in [0.1, 0.15) is 6.42 Å². The highest BCUT2D eigenvalue weighted by Crippen LogP contribution is 1.97. The highest BCUT2D eigenvalue weighted by molar-refractivity contribution is 7.81. The molecular formula is C4H6ClOS. The fraction of sp³-hybridized carbons (Fsp3) is 0.750. The molecule has 0 saturated carbocycles. The van der Waals surface area contributed by atoms with Crippen LogP contribution in [0.25, 0.3) is 0 Å². The summed E-state index contributed by atoms with van der Waals surface area (Å²) in [7, 11) is 0. The summed E-state index contributed by atoms with van der Waals surface area (Å²) in [6, 6.07) is 0. The molecule has 0 bridgehead atoms. The predicted octanol–water partition coefficient (Wildman–Crippen LogP) is 1.02. The molecule has 0 fully saturated rings. The van der Waals surface area contributed by atoms with E-state index < -0.39 is 0 Å². The molecule has 0 rings (SSSR count). The monoisotopic (exact) mass is 137 g/mol. The normalized spacial score (nSPS) is 13.4.